The zero-order chi connectivity index (χ0) is 15.7. The summed E-state index contributed by atoms with van der Waals surface area (Å²) in [4.78, 5) is 28.7. The van der Waals surface area contributed by atoms with Crippen LogP contribution in [0.25, 0.3) is 0 Å². The van der Waals surface area contributed by atoms with Crippen molar-refractivity contribution in [2.75, 3.05) is 13.6 Å². The predicted octanol–water partition coefficient (Wildman–Crippen LogP) is 1.48. The first-order valence-electron chi connectivity index (χ1n) is 7.94. The zero-order valence-electron chi connectivity index (χ0n) is 13.2. The molecule has 3 heterocycles. The highest BCUT2D eigenvalue weighted by Gasteiger charge is 2.52. The van der Waals surface area contributed by atoms with Crippen LogP contribution in [0.5, 0.6) is 0 Å². The van der Waals surface area contributed by atoms with Gasteiger partial charge in [-0.2, -0.15) is 10.2 Å². The highest BCUT2D eigenvalue weighted by atomic mass is 16.2. The minimum Gasteiger partial charge on any atom is -0.338 e. The molecule has 2 atom stereocenters. The van der Waals surface area contributed by atoms with Gasteiger partial charge in [0.25, 0.3) is 5.91 Å². The van der Waals surface area contributed by atoms with E-state index in [1.807, 2.05) is 16.8 Å². The van der Waals surface area contributed by atoms with Crippen molar-refractivity contribution in [2.45, 2.75) is 50.6 Å². The van der Waals surface area contributed by atoms with Gasteiger partial charge in [-0.3, -0.25) is 9.59 Å². The second-order valence-corrected chi connectivity index (χ2v) is 6.21. The van der Waals surface area contributed by atoms with E-state index in [9.17, 15) is 9.59 Å². The lowest BCUT2D eigenvalue weighted by Gasteiger charge is -2.51. The number of likely N-dealkylation sites (tertiary alicyclic amines) is 2. The molecule has 1 spiro atoms. The van der Waals surface area contributed by atoms with E-state index in [2.05, 4.69) is 17.1 Å². The maximum atomic E-state index is 12.9. The molecule has 22 heavy (non-hydrogen) atoms. The molecule has 0 unspecified atom stereocenters. The molecular weight excluding hydrogens is 280 g/mol. The van der Waals surface area contributed by atoms with E-state index in [1.54, 1.807) is 12.3 Å². The number of carbonyl (C=O) groups is 2. The minimum atomic E-state index is -0.194. The average molecular weight is 302 g/mol. The third kappa shape index (κ3) is 2.17. The normalized spacial score (nSPS) is 28.5. The van der Waals surface area contributed by atoms with E-state index < -0.39 is 0 Å². The molecule has 2 amide bonds. The van der Waals surface area contributed by atoms with Gasteiger partial charge in [0, 0.05) is 20.0 Å². The van der Waals surface area contributed by atoms with Crippen molar-refractivity contribution < 1.29 is 9.59 Å². The van der Waals surface area contributed by atoms with Crippen molar-refractivity contribution >= 4 is 11.8 Å². The second-order valence-electron chi connectivity index (χ2n) is 6.21. The first-order chi connectivity index (χ1) is 10.6. The van der Waals surface area contributed by atoms with Crippen LogP contribution in [0.4, 0.5) is 0 Å². The van der Waals surface area contributed by atoms with E-state index in [-0.39, 0.29) is 23.4 Å². The molecule has 1 aromatic heterocycles. The maximum Gasteiger partial charge on any atom is 0.255 e. The molecule has 3 rings (SSSR count). The van der Waals surface area contributed by atoms with Crippen molar-refractivity contribution in [1.82, 2.24) is 20.0 Å². The lowest BCUT2D eigenvalue weighted by Crippen LogP contribution is -2.63. The largest absolute Gasteiger partial charge is 0.338 e. The fraction of sp³-hybridized carbons (Fsp3) is 0.625. The Hall–Kier alpha value is -1.98. The van der Waals surface area contributed by atoms with Gasteiger partial charge in [-0.25, -0.2) is 0 Å². The summed E-state index contributed by atoms with van der Waals surface area (Å²) in [5.41, 5.74) is 0.373. The van der Waals surface area contributed by atoms with Gasteiger partial charge in [-0.15, -0.1) is 0 Å². The summed E-state index contributed by atoms with van der Waals surface area (Å²) < 4.78 is 0. The highest BCUT2D eigenvalue weighted by molar-refractivity contribution is 5.94. The highest BCUT2D eigenvalue weighted by Crippen LogP contribution is 2.42. The Morgan fingerprint density at radius 2 is 2.23 bits per heavy atom. The number of piperidine rings is 1. The fourth-order valence-electron chi connectivity index (χ4n) is 4.18. The number of rotatable bonds is 2. The standard InChI is InChI=1S/C16H22N4O2/c1-3-13-16(8-5-14(21)19(16)2)7-4-10-20(13)15(22)12-6-9-17-18-11-12/h6,9,11,13H,3-5,7-8,10H2,1-2H3/t13-,16-/m0/s1. The lowest BCUT2D eigenvalue weighted by atomic mass is 9.77. The van der Waals surface area contributed by atoms with Crippen LogP contribution in [0.3, 0.4) is 0 Å². The van der Waals surface area contributed by atoms with Gasteiger partial charge in [-0.1, -0.05) is 6.92 Å². The van der Waals surface area contributed by atoms with Crippen molar-refractivity contribution in [3.63, 3.8) is 0 Å². The molecule has 2 fully saturated rings. The lowest BCUT2D eigenvalue weighted by molar-refractivity contribution is -0.132. The van der Waals surface area contributed by atoms with Crippen molar-refractivity contribution in [3.05, 3.63) is 24.0 Å². The summed E-state index contributed by atoms with van der Waals surface area (Å²) in [6.07, 6.45) is 7.25. The first kappa shape index (κ1) is 14.9. The quantitative estimate of drug-likeness (QED) is 0.830. The number of hydrogen-bond acceptors (Lipinski definition) is 4. The van der Waals surface area contributed by atoms with Crippen LogP contribution in [0, 0.1) is 0 Å². The first-order valence-corrected chi connectivity index (χ1v) is 7.94. The Labute approximate surface area is 130 Å². The van der Waals surface area contributed by atoms with Crippen LogP contribution < -0.4 is 0 Å². The summed E-state index contributed by atoms with van der Waals surface area (Å²) >= 11 is 0. The van der Waals surface area contributed by atoms with Crippen molar-refractivity contribution in [1.29, 1.82) is 0 Å². The molecule has 118 valence electrons. The fourth-order valence-corrected chi connectivity index (χ4v) is 4.18. The SMILES string of the molecule is CC[C@@H]1N(C(=O)c2ccnnc2)CCC[C@]12CCC(=O)N2C. The minimum absolute atomic E-state index is 0.00595. The van der Waals surface area contributed by atoms with E-state index in [0.29, 0.717) is 12.0 Å². The number of likely N-dealkylation sites (N-methyl/N-ethyl adjacent to an activating group) is 1. The smallest absolute Gasteiger partial charge is 0.255 e. The van der Waals surface area contributed by atoms with E-state index in [0.717, 1.165) is 32.2 Å². The van der Waals surface area contributed by atoms with Crippen LogP contribution in [-0.2, 0) is 4.79 Å². The Bertz CT molecular complexity index is 577. The van der Waals surface area contributed by atoms with Gasteiger partial charge in [0.15, 0.2) is 0 Å². The summed E-state index contributed by atoms with van der Waals surface area (Å²) in [6, 6.07) is 1.77. The summed E-state index contributed by atoms with van der Waals surface area (Å²) in [5.74, 6) is 0.187. The Kier molecular flexibility index (Phi) is 3.85. The van der Waals surface area contributed by atoms with Gasteiger partial charge >= 0.3 is 0 Å². The summed E-state index contributed by atoms with van der Waals surface area (Å²) in [6.45, 7) is 2.84. The Morgan fingerprint density at radius 3 is 2.82 bits per heavy atom. The Morgan fingerprint density at radius 1 is 1.41 bits per heavy atom. The molecule has 0 N–H and O–H groups in total. The predicted molar refractivity (Wildman–Crippen MR) is 81.1 cm³/mol. The van der Waals surface area contributed by atoms with Crippen LogP contribution in [0.15, 0.2) is 18.5 Å². The van der Waals surface area contributed by atoms with Crippen molar-refractivity contribution in [3.8, 4) is 0 Å². The molecule has 0 saturated carbocycles. The molecule has 2 aliphatic heterocycles. The summed E-state index contributed by atoms with van der Waals surface area (Å²) in [7, 11) is 1.89. The number of amides is 2. The molecule has 0 aromatic carbocycles. The third-order valence-electron chi connectivity index (χ3n) is 5.30. The van der Waals surface area contributed by atoms with E-state index >= 15 is 0 Å². The van der Waals surface area contributed by atoms with Crippen LogP contribution in [0.2, 0.25) is 0 Å². The van der Waals surface area contributed by atoms with Crippen LogP contribution >= 0.6 is 0 Å². The molecule has 0 radical (unpaired) electrons. The van der Waals surface area contributed by atoms with Gasteiger partial charge in [0.2, 0.25) is 5.91 Å². The van der Waals surface area contributed by atoms with Crippen LogP contribution in [0.1, 0.15) is 49.4 Å². The molecule has 6 heteroatoms. The molecule has 1 aromatic rings. The maximum absolute atomic E-state index is 12.9. The number of carbonyl (C=O) groups excluding carboxylic acids is 2. The monoisotopic (exact) mass is 302 g/mol. The zero-order valence-corrected chi connectivity index (χ0v) is 13.2. The molecule has 2 saturated heterocycles. The van der Waals surface area contributed by atoms with Gasteiger partial charge in [0.1, 0.15) is 0 Å². The van der Waals surface area contributed by atoms with Gasteiger partial charge in [-0.05, 0) is 31.7 Å². The second kappa shape index (κ2) is 5.66. The average Bonchev–Trinajstić information content (AvgIpc) is 2.84. The number of nitrogens with zero attached hydrogens (tertiary/aromatic N) is 4. The van der Waals surface area contributed by atoms with E-state index in [4.69, 9.17) is 0 Å². The molecule has 6 nitrogen and oxygen atoms in total. The molecule has 0 bridgehead atoms. The van der Waals surface area contributed by atoms with Gasteiger partial charge in [0.05, 0.1) is 29.5 Å². The topological polar surface area (TPSA) is 66.4 Å². The van der Waals surface area contributed by atoms with Gasteiger partial charge < -0.3 is 9.80 Å². The number of hydrogen-bond donors (Lipinski definition) is 0. The van der Waals surface area contributed by atoms with Crippen molar-refractivity contribution in [2.24, 2.45) is 0 Å². The van der Waals surface area contributed by atoms with Crippen LogP contribution in [-0.4, -0.2) is 57.0 Å². The Balaban J connectivity index is 1.92. The number of aromatic nitrogens is 2. The molecule has 0 aliphatic carbocycles. The molecular formula is C16H22N4O2. The molecule has 2 aliphatic rings. The van der Waals surface area contributed by atoms with E-state index in [1.165, 1.54) is 6.20 Å². The third-order valence-corrected chi connectivity index (χ3v) is 5.30. The summed E-state index contributed by atoms with van der Waals surface area (Å²) in [5, 5.41) is 7.54.